The van der Waals surface area contributed by atoms with Gasteiger partial charge in [-0.2, -0.15) is 11.8 Å². The molecule has 0 N–H and O–H groups in total. The van der Waals surface area contributed by atoms with Gasteiger partial charge < -0.3 is 4.74 Å². The quantitative estimate of drug-likeness (QED) is 0.434. The van der Waals surface area contributed by atoms with Crippen LogP contribution in [0, 0.1) is 11.5 Å². The van der Waals surface area contributed by atoms with Crippen molar-refractivity contribution in [3.05, 3.63) is 0 Å². The van der Waals surface area contributed by atoms with Gasteiger partial charge in [0.05, 0.1) is 6.42 Å². The molecule has 0 aromatic heterocycles. The third-order valence-corrected chi connectivity index (χ3v) is 1.28. The van der Waals surface area contributed by atoms with Gasteiger partial charge in [0.15, 0.2) is 0 Å². The van der Waals surface area contributed by atoms with Gasteiger partial charge in [-0.3, -0.25) is 4.79 Å². The molecule has 3 nitrogen and oxygen atoms in total. The number of hydrogen-bond acceptors (Lipinski definition) is 4. The standard InChI is InChI=1S/C5H7NO2S/c1-9-3-2-5(7)8-4-6/h2-3H2,1H3. The van der Waals surface area contributed by atoms with E-state index in [1.54, 1.807) is 11.8 Å². The lowest BCUT2D eigenvalue weighted by Gasteiger charge is -1.90. The number of esters is 1. The van der Waals surface area contributed by atoms with Gasteiger partial charge in [-0.25, -0.2) is 0 Å². The predicted octanol–water partition coefficient (Wildman–Crippen LogP) is 0.764. The van der Waals surface area contributed by atoms with E-state index in [9.17, 15) is 4.79 Å². The molecule has 0 heterocycles. The number of hydrogen-bond donors (Lipinski definition) is 0. The Morgan fingerprint density at radius 2 is 2.56 bits per heavy atom. The average Bonchev–Trinajstić information content (AvgIpc) is 1.85. The summed E-state index contributed by atoms with van der Waals surface area (Å²) < 4.78 is 4.00. The van der Waals surface area contributed by atoms with E-state index < -0.39 is 5.97 Å². The fourth-order valence-corrected chi connectivity index (χ4v) is 0.658. The summed E-state index contributed by atoms with van der Waals surface area (Å²) in [6.07, 6.45) is 3.52. The Morgan fingerprint density at radius 1 is 1.89 bits per heavy atom. The van der Waals surface area contributed by atoms with Gasteiger partial charge in [-0.15, -0.1) is 5.26 Å². The molecular weight excluding hydrogens is 138 g/mol. The highest BCUT2D eigenvalue weighted by molar-refractivity contribution is 7.98. The number of rotatable bonds is 3. The number of carbonyl (C=O) groups excluding carboxylic acids is 1. The first-order chi connectivity index (χ1) is 4.31. The van der Waals surface area contributed by atoms with E-state index in [0.717, 1.165) is 0 Å². The van der Waals surface area contributed by atoms with Crippen LogP contribution >= 0.6 is 11.8 Å². The van der Waals surface area contributed by atoms with Gasteiger partial charge in [-0.1, -0.05) is 0 Å². The monoisotopic (exact) mass is 145 g/mol. The van der Waals surface area contributed by atoms with Gasteiger partial charge in [0.2, 0.25) is 0 Å². The summed E-state index contributed by atoms with van der Waals surface area (Å²) in [6.45, 7) is 0. The van der Waals surface area contributed by atoms with Crippen molar-refractivity contribution in [1.82, 2.24) is 0 Å². The second-order valence-electron chi connectivity index (χ2n) is 1.31. The van der Waals surface area contributed by atoms with E-state index in [0.29, 0.717) is 12.2 Å². The second kappa shape index (κ2) is 5.45. The predicted molar refractivity (Wildman–Crippen MR) is 34.7 cm³/mol. The summed E-state index contributed by atoms with van der Waals surface area (Å²) in [6, 6.07) is 0. The third kappa shape index (κ3) is 5.18. The van der Waals surface area contributed by atoms with Crippen molar-refractivity contribution in [3.8, 4) is 6.26 Å². The first-order valence-electron chi connectivity index (χ1n) is 2.39. The highest BCUT2D eigenvalue weighted by Crippen LogP contribution is 1.95. The average molecular weight is 145 g/mol. The second-order valence-corrected chi connectivity index (χ2v) is 2.29. The number of thioether (sulfide) groups is 1. The normalized spacial score (nSPS) is 8.00. The van der Waals surface area contributed by atoms with E-state index in [4.69, 9.17) is 5.26 Å². The van der Waals surface area contributed by atoms with E-state index in [1.165, 1.54) is 6.26 Å². The highest BCUT2D eigenvalue weighted by Gasteiger charge is 1.98. The molecule has 0 amide bonds. The largest absolute Gasteiger partial charge is 0.351 e. The molecule has 0 spiro atoms. The summed E-state index contributed by atoms with van der Waals surface area (Å²) in [7, 11) is 0. The van der Waals surface area contributed by atoms with Gasteiger partial charge in [0.25, 0.3) is 6.26 Å². The first kappa shape index (κ1) is 8.31. The maximum absolute atomic E-state index is 10.3. The molecule has 0 aliphatic rings. The first-order valence-corrected chi connectivity index (χ1v) is 3.78. The molecule has 0 aliphatic heterocycles. The molecule has 0 fully saturated rings. The SMILES string of the molecule is CSCCC(=O)OC#N. The minimum absolute atomic E-state index is 0.314. The molecule has 4 heteroatoms. The van der Waals surface area contributed by atoms with Gasteiger partial charge in [0.1, 0.15) is 0 Å². The fraction of sp³-hybridized carbons (Fsp3) is 0.600. The molecule has 9 heavy (non-hydrogen) atoms. The lowest BCUT2D eigenvalue weighted by molar-refractivity contribution is -0.136. The van der Waals surface area contributed by atoms with Crippen molar-refractivity contribution >= 4 is 17.7 Å². The van der Waals surface area contributed by atoms with Crippen molar-refractivity contribution in [2.24, 2.45) is 0 Å². The Balaban J connectivity index is 3.19. The van der Waals surface area contributed by atoms with Crippen LogP contribution in [0.25, 0.3) is 0 Å². The Bertz CT molecular complexity index is 129. The van der Waals surface area contributed by atoms with Crippen LogP contribution in [0.15, 0.2) is 0 Å². The molecule has 0 radical (unpaired) electrons. The van der Waals surface area contributed by atoms with Crippen molar-refractivity contribution in [2.75, 3.05) is 12.0 Å². The summed E-state index contributed by atoms with van der Waals surface area (Å²) in [5.41, 5.74) is 0. The summed E-state index contributed by atoms with van der Waals surface area (Å²) in [5.74, 6) is 0.257. The molecule has 0 bridgehead atoms. The molecule has 0 atom stereocenters. The van der Waals surface area contributed by atoms with E-state index in [2.05, 4.69) is 4.74 Å². The molecule has 50 valence electrons. The number of carbonyl (C=O) groups is 1. The molecule has 0 saturated heterocycles. The molecule has 0 aromatic rings. The number of nitrogens with zero attached hydrogens (tertiary/aromatic N) is 1. The van der Waals surface area contributed by atoms with Gasteiger partial charge >= 0.3 is 5.97 Å². The van der Waals surface area contributed by atoms with Crippen LogP contribution in [-0.2, 0) is 9.53 Å². The van der Waals surface area contributed by atoms with Crippen LogP contribution in [0.5, 0.6) is 0 Å². The van der Waals surface area contributed by atoms with Crippen LogP contribution < -0.4 is 0 Å². The molecule has 0 rings (SSSR count). The topological polar surface area (TPSA) is 50.1 Å². The number of nitriles is 1. The van der Waals surface area contributed by atoms with Crippen molar-refractivity contribution in [1.29, 1.82) is 5.26 Å². The zero-order valence-corrected chi connectivity index (χ0v) is 5.90. The van der Waals surface area contributed by atoms with E-state index >= 15 is 0 Å². The van der Waals surface area contributed by atoms with Crippen molar-refractivity contribution in [2.45, 2.75) is 6.42 Å². The minimum Gasteiger partial charge on any atom is -0.351 e. The zero-order chi connectivity index (χ0) is 7.11. The molecular formula is C5H7NO2S. The van der Waals surface area contributed by atoms with Crippen molar-refractivity contribution < 1.29 is 9.53 Å². The third-order valence-electron chi connectivity index (χ3n) is 0.670. The summed E-state index contributed by atoms with van der Waals surface area (Å²) in [4.78, 5) is 10.3. The smallest absolute Gasteiger partial charge is 0.322 e. The molecule has 0 saturated carbocycles. The summed E-state index contributed by atoms with van der Waals surface area (Å²) in [5, 5.41) is 7.84. The summed E-state index contributed by atoms with van der Waals surface area (Å²) >= 11 is 1.55. The fourth-order valence-electron chi connectivity index (χ4n) is 0.287. The van der Waals surface area contributed by atoms with Crippen molar-refractivity contribution in [3.63, 3.8) is 0 Å². The number of ether oxygens (including phenoxy) is 1. The molecule has 0 aromatic carbocycles. The highest BCUT2D eigenvalue weighted by atomic mass is 32.2. The maximum Gasteiger partial charge on any atom is 0.322 e. The lowest BCUT2D eigenvalue weighted by atomic mass is 10.5. The zero-order valence-electron chi connectivity index (χ0n) is 5.09. The van der Waals surface area contributed by atoms with Crippen LogP contribution in [0.1, 0.15) is 6.42 Å². The molecule has 0 unspecified atom stereocenters. The Kier molecular flexibility index (Phi) is 5.03. The Morgan fingerprint density at radius 3 is 3.00 bits per heavy atom. The van der Waals surface area contributed by atoms with Crippen LogP contribution in [0.4, 0.5) is 0 Å². The Labute approximate surface area is 58.0 Å². The Hall–Kier alpha value is -0.690. The van der Waals surface area contributed by atoms with Gasteiger partial charge in [0, 0.05) is 5.75 Å². The van der Waals surface area contributed by atoms with Crippen LogP contribution in [0.3, 0.4) is 0 Å². The maximum atomic E-state index is 10.3. The van der Waals surface area contributed by atoms with Crippen LogP contribution in [-0.4, -0.2) is 18.0 Å². The van der Waals surface area contributed by atoms with Gasteiger partial charge in [-0.05, 0) is 6.26 Å². The van der Waals surface area contributed by atoms with E-state index in [1.807, 2.05) is 6.26 Å². The minimum atomic E-state index is -0.452. The lowest BCUT2D eigenvalue weighted by Crippen LogP contribution is -2.00. The van der Waals surface area contributed by atoms with E-state index in [-0.39, 0.29) is 0 Å². The van der Waals surface area contributed by atoms with Crippen LogP contribution in [0.2, 0.25) is 0 Å². The molecule has 0 aliphatic carbocycles.